The number of pyridine rings is 1. The predicted molar refractivity (Wildman–Crippen MR) is 67.8 cm³/mol. The average Bonchev–Trinajstić information content (AvgIpc) is 2.28. The van der Waals surface area contributed by atoms with Crippen LogP contribution in [-0.4, -0.2) is 4.98 Å². The molecule has 0 fully saturated rings. The molecule has 3 N–H and O–H groups in total. The fourth-order valence-electron chi connectivity index (χ4n) is 1.60. The van der Waals surface area contributed by atoms with Crippen molar-refractivity contribution in [2.24, 2.45) is 0 Å². The SMILES string of the molecule is Cc1cc(N)cnc1Nc1cccc(F)c1C. The van der Waals surface area contributed by atoms with Crippen molar-refractivity contribution in [3.8, 4) is 0 Å². The van der Waals surface area contributed by atoms with Crippen molar-refractivity contribution < 1.29 is 4.39 Å². The topological polar surface area (TPSA) is 50.9 Å². The summed E-state index contributed by atoms with van der Waals surface area (Å²) >= 11 is 0. The number of aryl methyl sites for hydroxylation is 1. The number of aromatic nitrogens is 1. The molecule has 0 unspecified atom stereocenters. The van der Waals surface area contributed by atoms with Crippen LogP contribution in [0, 0.1) is 19.7 Å². The van der Waals surface area contributed by atoms with Gasteiger partial charge in [-0.25, -0.2) is 9.37 Å². The van der Waals surface area contributed by atoms with Crippen molar-refractivity contribution in [3.63, 3.8) is 0 Å². The summed E-state index contributed by atoms with van der Waals surface area (Å²) in [5.74, 6) is 0.455. The van der Waals surface area contributed by atoms with Crippen LogP contribution in [0.2, 0.25) is 0 Å². The van der Waals surface area contributed by atoms with E-state index in [0.717, 1.165) is 5.56 Å². The Hall–Kier alpha value is -2.10. The second kappa shape index (κ2) is 4.41. The molecule has 0 aliphatic rings. The molecule has 0 amide bonds. The van der Waals surface area contributed by atoms with Crippen LogP contribution in [0.1, 0.15) is 11.1 Å². The van der Waals surface area contributed by atoms with Gasteiger partial charge in [-0.3, -0.25) is 0 Å². The first kappa shape index (κ1) is 11.4. The number of anilines is 3. The smallest absolute Gasteiger partial charge is 0.133 e. The molecule has 0 saturated heterocycles. The highest BCUT2D eigenvalue weighted by molar-refractivity contribution is 5.64. The molecule has 2 aromatic rings. The van der Waals surface area contributed by atoms with Gasteiger partial charge in [0.15, 0.2) is 0 Å². The average molecular weight is 231 g/mol. The first-order valence-corrected chi connectivity index (χ1v) is 5.32. The van der Waals surface area contributed by atoms with E-state index in [9.17, 15) is 4.39 Å². The van der Waals surface area contributed by atoms with Gasteiger partial charge in [0.05, 0.1) is 11.9 Å². The van der Waals surface area contributed by atoms with Gasteiger partial charge in [-0.05, 0) is 37.6 Å². The summed E-state index contributed by atoms with van der Waals surface area (Å²) in [5, 5.41) is 3.10. The molecule has 1 aromatic carbocycles. The highest BCUT2D eigenvalue weighted by Crippen LogP contribution is 2.23. The maximum absolute atomic E-state index is 13.4. The Balaban J connectivity index is 2.35. The van der Waals surface area contributed by atoms with Crippen LogP contribution < -0.4 is 11.1 Å². The third-order valence-corrected chi connectivity index (χ3v) is 2.62. The minimum Gasteiger partial charge on any atom is -0.397 e. The van der Waals surface area contributed by atoms with E-state index in [1.807, 2.05) is 19.1 Å². The van der Waals surface area contributed by atoms with Crippen molar-refractivity contribution in [1.82, 2.24) is 4.98 Å². The maximum atomic E-state index is 13.4. The molecule has 0 atom stereocenters. The van der Waals surface area contributed by atoms with E-state index in [2.05, 4.69) is 10.3 Å². The number of hydrogen-bond donors (Lipinski definition) is 2. The van der Waals surface area contributed by atoms with Crippen molar-refractivity contribution in [2.45, 2.75) is 13.8 Å². The van der Waals surface area contributed by atoms with Gasteiger partial charge in [-0.15, -0.1) is 0 Å². The second-order valence-electron chi connectivity index (χ2n) is 3.97. The number of nitrogens with two attached hydrogens (primary N) is 1. The quantitative estimate of drug-likeness (QED) is 0.834. The van der Waals surface area contributed by atoms with Gasteiger partial charge in [0.25, 0.3) is 0 Å². The van der Waals surface area contributed by atoms with Gasteiger partial charge in [0, 0.05) is 11.3 Å². The van der Waals surface area contributed by atoms with Crippen molar-refractivity contribution >= 4 is 17.2 Å². The molecule has 2 rings (SSSR count). The number of nitrogens with zero attached hydrogens (tertiary/aromatic N) is 1. The van der Waals surface area contributed by atoms with Crippen molar-refractivity contribution in [3.05, 3.63) is 47.4 Å². The summed E-state index contributed by atoms with van der Waals surface area (Å²) in [6.07, 6.45) is 1.57. The molecular weight excluding hydrogens is 217 g/mol. The summed E-state index contributed by atoms with van der Waals surface area (Å²) in [6.45, 7) is 3.63. The summed E-state index contributed by atoms with van der Waals surface area (Å²) in [5.41, 5.74) is 8.45. The van der Waals surface area contributed by atoms with E-state index < -0.39 is 0 Å². The first-order valence-electron chi connectivity index (χ1n) is 5.32. The zero-order valence-corrected chi connectivity index (χ0v) is 9.79. The number of nitrogen functional groups attached to an aromatic ring is 1. The van der Waals surface area contributed by atoms with Crippen LogP contribution in [0.5, 0.6) is 0 Å². The zero-order chi connectivity index (χ0) is 12.4. The minimum absolute atomic E-state index is 0.233. The summed E-state index contributed by atoms with van der Waals surface area (Å²) in [7, 11) is 0. The molecule has 1 heterocycles. The molecule has 0 bridgehead atoms. The molecule has 0 radical (unpaired) electrons. The fraction of sp³-hybridized carbons (Fsp3) is 0.154. The van der Waals surface area contributed by atoms with Crippen LogP contribution in [-0.2, 0) is 0 Å². The third-order valence-electron chi connectivity index (χ3n) is 2.62. The van der Waals surface area contributed by atoms with Gasteiger partial charge >= 0.3 is 0 Å². The van der Waals surface area contributed by atoms with Crippen LogP contribution >= 0.6 is 0 Å². The van der Waals surface area contributed by atoms with Gasteiger partial charge < -0.3 is 11.1 Å². The highest BCUT2D eigenvalue weighted by Gasteiger charge is 2.06. The van der Waals surface area contributed by atoms with Crippen molar-refractivity contribution in [2.75, 3.05) is 11.1 Å². The number of rotatable bonds is 2. The Morgan fingerprint density at radius 3 is 2.76 bits per heavy atom. The predicted octanol–water partition coefficient (Wildman–Crippen LogP) is 3.16. The van der Waals surface area contributed by atoms with Crippen LogP contribution in [0.3, 0.4) is 0 Å². The lowest BCUT2D eigenvalue weighted by atomic mass is 10.2. The molecule has 1 aromatic heterocycles. The molecule has 0 aliphatic carbocycles. The van der Waals surface area contributed by atoms with Gasteiger partial charge in [0.1, 0.15) is 11.6 Å². The third kappa shape index (κ3) is 2.36. The number of benzene rings is 1. The summed E-state index contributed by atoms with van der Waals surface area (Å²) < 4.78 is 13.4. The number of halogens is 1. The molecule has 4 heteroatoms. The van der Waals surface area contributed by atoms with E-state index in [1.54, 1.807) is 19.2 Å². The minimum atomic E-state index is -0.233. The maximum Gasteiger partial charge on any atom is 0.133 e. The van der Waals surface area contributed by atoms with E-state index in [0.29, 0.717) is 22.8 Å². The van der Waals surface area contributed by atoms with Gasteiger partial charge in [0.2, 0.25) is 0 Å². The standard InChI is InChI=1S/C13H14FN3/c1-8-6-10(15)7-16-13(8)17-12-5-3-4-11(14)9(12)2/h3-7H,15H2,1-2H3,(H,16,17). The van der Waals surface area contributed by atoms with E-state index in [-0.39, 0.29) is 5.82 Å². The lowest BCUT2D eigenvalue weighted by Gasteiger charge is -2.11. The second-order valence-corrected chi connectivity index (χ2v) is 3.97. The largest absolute Gasteiger partial charge is 0.397 e. The Morgan fingerprint density at radius 1 is 1.29 bits per heavy atom. The molecule has 0 spiro atoms. The van der Waals surface area contributed by atoms with Crippen LogP contribution in [0.15, 0.2) is 30.5 Å². The molecular formula is C13H14FN3. The fourth-order valence-corrected chi connectivity index (χ4v) is 1.60. The molecule has 3 nitrogen and oxygen atoms in total. The molecule has 88 valence electrons. The van der Waals surface area contributed by atoms with E-state index >= 15 is 0 Å². The van der Waals surface area contributed by atoms with Crippen LogP contribution in [0.25, 0.3) is 0 Å². The molecule has 0 saturated carbocycles. The first-order chi connectivity index (χ1) is 8.08. The molecule has 17 heavy (non-hydrogen) atoms. The summed E-state index contributed by atoms with van der Waals surface area (Å²) in [6, 6.07) is 6.74. The number of hydrogen-bond acceptors (Lipinski definition) is 3. The van der Waals surface area contributed by atoms with Crippen molar-refractivity contribution in [1.29, 1.82) is 0 Å². The lowest BCUT2D eigenvalue weighted by Crippen LogP contribution is -2.00. The normalized spacial score (nSPS) is 10.3. The monoisotopic (exact) mass is 231 g/mol. The summed E-state index contributed by atoms with van der Waals surface area (Å²) in [4.78, 5) is 4.19. The Morgan fingerprint density at radius 2 is 2.06 bits per heavy atom. The molecule has 0 aliphatic heterocycles. The Bertz CT molecular complexity index is 552. The van der Waals surface area contributed by atoms with E-state index in [4.69, 9.17) is 5.73 Å². The number of nitrogens with one attached hydrogen (secondary N) is 1. The Kier molecular flexibility index (Phi) is 2.95. The Labute approximate surface area is 99.5 Å². The highest BCUT2D eigenvalue weighted by atomic mass is 19.1. The lowest BCUT2D eigenvalue weighted by molar-refractivity contribution is 0.619. The van der Waals surface area contributed by atoms with Crippen LogP contribution in [0.4, 0.5) is 21.6 Å². The van der Waals surface area contributed by atoms with E-state index in [1.165, 1.54) is 6.07 Å². The van der Waals surface area contributed by atoms with Gasteiger partial charge in [-0.1, -0.05) is 6.07 Å². The van der Waals surface area contributed by atoms with Gasteiger partial charge in [-0.2, -0.15) is 0 Å². The zero-order valence-electron chi connectivity index (χ0n) is 9.79.